The maximum Gasteiger partial charge on any atom is 0.270 e. The number of benzene rings is 1. The van der Waals surface area contributed by atoms with Crippen molar-refractivity contribution in [1.29, 1.82) is 0 Å². The average Bonchev–Trinajstić information content (AvgIpc) is 3.09. The highest BCUT2D eigenvalue weighted by Gasteiger charge is 2.39. The summed E-state index contributed by atoms with van der Waals surface area (Å²) in [5.41, 5.74) is -0.298. The normalized spacial score (nSPS) is 18.2. The Hall–Kier alpha value is -2.04. The Morgan fingerprint density at radius 3 is 2.84 bits per heavy atom. The predicted octanol–water partition coefficient (Wildman–Crippen LogP) is 0.474. The summed E-state index contributed by atoms with van der Waals surface area (Å²) in [6.45, 7) is 1.43. The second-order valence-corrected chi connectivity index (χ2v) is 7.67. The number of nitro groups is 1. The molecule has 1 amide bonds. The van der Waals surface area contributed by atoms with Crippen molar-refractivity contribution in [3.05, 3.63) is 34.4 Å². The van der Waals surface area contributed by atoms with E-state index in [0.717, 1.165) is 23.3 Å². The van der Waals surface area contributed by atoms with E-state index in [0.29, 0.717) is 19.4 Å². The van der Waals surface area contributed by atoms with Crippen LogP contribution in [-0.2, 0) is 14.8 Å². The first-order chi connectivity index (χ1) is 11.9. The van der Waals surface area contributed by atoms with Crippen molar-refractivity contribution >= 4 is 21.6 Å². The number of non-ortho nitro benzene ring substituents is 1. The second-order valence-electron chi connectivity index (χ2n) is 5.78. The third-order valence-corrected chi connectivity index (χ3v) is 5.95. The minimum Gasteiger partial charge on any atom is -0.355 e. The second kappa shape index (κ2) is 8.37. The fourth-order valence-electron chi connectivity index (χ4n) is 2.78. The Kier molecular flexibility index (Phi) is 6.45. The predicted molar refractivity (Wildman–Crippen MR) is 91.6 cm³/mol. The lowest BCUT2D eigenvalue weighted by Crippen LogP contribution is -2.46. The van der Waals surface area contributed by atoms with Gasteiger partial charge in [0.2, 0.25) is 15.9 Å². The van der Waals surface area contributed by atoms with Crippen LogP contribution in [0.2, 0.25) is 0 Å². The van der Waals surface area contributed by atoms with E-state index in [1.165, 1.54) is 18.2 Å². The Balaban J connectivity index is 2.16. The van der Waals surface area contributed by atoms with Crippen LogP contribution in [0.1, 0.15) is 19.3 Å². The van der Waals surface area contributed by atoms with Crippen molar-refractivity contribution < 1.29 is 18.1 Å². The summed E-state index contributed by atoms with van der Waals surface area (Å²) in [7, 11) is -2.16. The molecule has 1 heterocycles. The molecule has 0 aliphatic carbocycles. The quantitative estimate of drug-likeness (QED) is 0.390. The zero-order valence-electron chi connectivity index (χ0n) is 14.0. The summed E-state index contributed by atoms with van der Waals surface area (Å²) in [6.07, 6.45) is 1.75. The summed E-state index contributed by atoms with van der Waals surface area (Å²) in [5.74, 6) is -0.331. The topological polar surface area (TPSA) is 122 Å². The summed E-state index contributed by atoms with van der Waals surface area (Å²) >= 11 is 0. The maximum absolute atomic E-state index is 12.8. The number of carbonyl (C=O) groups excluding carboxylic acids is 1. The highest BCUT2D eigenvalue weighted by atomic mass is 32.2. The van der Waals surface area contributed by atoms with Crippen molar-refractivity contribution in [3.8, 4) is 0 Å². The number of amides is 1. The number of nitrogens with zero attached hydrogens (tertiary/aromatic N) is 2. The summed E-state index contributed by atoms with van der Waals surface area (Å²) in [6, 6.07) is 4.11. The monoisotopic (exact) mass is 370 g/mol. The summed E-state index contributed by atoms with van der Waals surface area (Å²) in [4.78, 5) is 22.4. The summed E-state index contributed by atoms with van der Waals surface area (Å²) < 4.78 is 26.8. The number of sulfonamides is 1. The van der Waals surface area contributed by atoms with E-state index in [9.17, 15) is 23.3 Å². The standard InChI is InChI=1S/C15H22N4O5S/c1-16-8-4-9-17-15(20)14-7-3-10-18(14)25(23,24)13-6-2-5-12(11-13)19(21)22/h2,5-6,11,14,16H,3-4,7-10H2,1H3,(H,17,20). The van der Waals surface area contributed by atoms with Crippen LogP contribution >= 0.6 is 0 Å². The molecule has 0 radical (unpaired) electrons. The lowest BCUT2D eigenvalue weighted by atomic mass is 10.2. The van der Waals surface area contributed by atoms with E-state index in [2.05, 4.69) is 10.6 Å². The highest BCUT2D eigenvalue weighted by Crippen LogP contribution is 2.28. The lowest BCUT2D eigenvalue weighted by Gasteiger charge is -2.23. The molecule has 10 heteroatoms. The van der Waals surface area contributed by atoms with E-state index < -0.39 is 21.0 Å². The molecule has 1 fully saturated rings. The zero-order valence-corrected chi connectivity index (χ0v) is 14.8. The Bertz CT molecular complexity index is 737. The molecule has 0 saturated carbocycles. The van der Waals surface area contributed by atoms with Crippen LogP contribution in [0, 0.1) is 10.1 Å². The average molecular weight is 370 g/mol. The molecule has 2 N–H and O–H groups in total. The van der Waals surface area contributed by atoms with Gasteiger partial charge in [0.25, 0.3) is 5.69 Å². The van der Waals surface area contributed by atoms with Gasteiger partial charge in [0.05, 0.1) is 9.82 Å². The van der Waals surface area contributed by atoms with E-state index in [1.54, 1.807) is 0 Å². The first-order valence-corrected chi connectivity index (χ1v) is 9.50. The van der Waals surface area contributed by atoms with Gasteiger partial charge >= 0.3 is 0 Å². The van der Waals surface area contributed by atoms with E-state index in [4.69, 9.17) is 0 Å². The van der Waals surface area contributed by atoms with Gasteiger partial charge in [-0.1, -0.05) is 6.07 Å². The molecular weight excluding hydrogens is 348 g/mol. The van der Waals surface area contributed by atoms with Gasteiger partial charge in [-0.2, -0.15) is 4.31 Å². The number of rotatable bonds is 8. The van der Waals surface area contributed by atoms with Crippen LogP contribution < -0.4 is 10.6 Å². The number of carbonyl (C=O) groups is 1. The lowest BCUT2D eigenvalue weighted by molar-refractivity contribution is -0.385. The molecule has 0 aromatic heterocycles. The Labute approximate surface area is 146 Å². The molecule has 1 aromatic carbocycles. The zero-order chi connectivity index (χ0) is 18.4. The van der Waals surface area contributed by atoms with Crippen LogP contribution in [0.3, 0.4) is 0 Å². The minimum absolute atomic E-state index is 0.170. The van der Waals surface area contributed by atoms with Gasteiger partial charge < -0.3 is 10.6 Å². The van der Waals surface area contributed by atoms with Crippen molar-refractivity contribution in [2.75, 3.05) is 26.7 Å². The molecule has 0 bridgehead atoms. The van der Waals surface area contributed by atoms with Gasteiger partial charge in [-0.3, -0.25) is 14.9 Å². The number of nitro benzene ring substituents is 1. The van der Waals surface area contributed by atoms with Crippen LogP contribution in [0.5, 0.6) is 0 Å². The summed E-state index contributed by atoms with van der Waals surface area (Å²) in [5, 5.41) is 16.6. The molecule has 2 rings (SSSR count). The van der Waals surface area contributed by atoms with Crippen LogP contribution in [0.4, 0.5) is 5.69 Å². The molecule has 9 nitrogen and oxygen atoms in total. The Morgan fingerprint density at radius 1 is 1.40 bits per heavy atom. The number of nitrogens with one attached hydrogen (secondary N) is 2. The molecule has 1 unspecified atom stereocenters. The third-order valence-electron chi connectivity index (χ3n) is 4.04. The van der Waals surface area contributed by atoms with Crippen molar-refractivity contribution in [1.82, 2.24) is 14.9 Å². The number of hydrogen-bond donors (Lipinski definition) is 2. The molecule has 0 spiro atoms. The van der Waals surface area contributed by atoms with Crippen molar-refractivity contribution in [2.24, 2.45) is 0 Å². The van der Waals surface area contributed by atoms with Gasteiger partial charge in [-0.25, -0.2) is 8.42 Å². The molecule has 1 atom stereocenters. The molecule has 1 aliphatic heterocycles. The van der Waals surface area contributed by atoms with Gasteiger partial charge in [-0.15, -0.1) is 0 Å². The third kappa shape index (κ3) is 4.53. The SMILES string of the molecule is CNCCCNC(=O)C1CCCN1S(=O)(=O)c1cccc([N+](=O)[O-])c1. The van der Waals surface area contributed by atoms with Gasteiger partial charge in [0.15, 0.2) is 0 Å². The first kappa shape index (κ1) is 19.3. The molecule has 25 heavy (non-hydrogen) atoms. The van der Waals surface area contributed by atoms with Crippen LogP contribution in [0.25, 0.3) is 0 Å². The molecule has 1 aliphatic rings. The van der Waals surface area contributed by atoms with Crippen molar-refractivity contribution in [3.63, 3.8) is 0 Å². The minimum atomic E-state index is -3.97. The fraction of sp³-hybridized carbons (Fsp3) is 0.533. The number of hydrogen-bond acceptors (Lipinski definition) is 6. The van der Waals surface area contributed by atoms with Crippen LogP contribution in [0.15, 0.2) is 29.2 Å². The fourth-order valence-corrected chi connectivity index (χ4v) is 4.47. The highest BCUT2D eigenvalue weighted by molar-refractivity contribution is 7.89. The van der Waals surface area contributed by atoms with E-state index >= 15 is 0 Å². The van der Waals surface area contributed by atoms with Gasteiger partial charge in [-0.05, 0) is 38.9 Å². The first-order valence-electron chi connectivity index (χ1n) is 8.06. The van der Waals surface area contributed by atoms with Crippen molar-refractivity contribution in [2.45, 2.75) is 30.2 Å². The van der Waals surface area contributed by atoms with E-state index in [1.807, 2.05) is 7.05 Å². The van der Waals surface area contributed by atoms with Crippen LogP contribution in [-0.4, -0.2) is 56.3 Å². The molecular formula is C15H22N4O5S. The maximum atomic E-state index is 12.8. The van der Waals surface area contributed by atoms with Gasteiger partial charge in [0, 0.05) is 25.2 Å². The van der Waals surface area contributed by atoms with E-state index in [-0.39, 0.29) is 23.0 Å². The smallest absolute Gasteiger partial charge is 0.270 e. The van der Waals surface area contributed by atoms with Gasteiger partial charge in [0.1, 0.15) is 6.04 Å². The molecule has 138 valence electrons. The molecule has 1 saturated heterocycles. The largest absolute Gasteiger partial charge is 0.355 e. The molecule has 1 aromatic rings. The Morgan fingerprint density at radius 2 is 2.16 bits per heavy atom.